The van der Waals surface area contributed by atoms with Gasteiger partial charge in [0.2, 0.25) is 0 Å². The number of nitrogens with zero attached hydrogens (tertiary/aromatic N) is 1. The number of benzene rings is 1. The van der Waals surface area contributed by atoms with Crippen LogP contribution in [0.4, 0.5) is 0 Å². The first-order chi connectivity index (χ1) is 11.6. The second-order valence-electron chi connectivity index (χ2n) is 6.37. The van der Waals surface area contributed by atoms with Gasteiger partial charge in [0, 0.05) is 19.7 Å². The number of likely N-dealkylation sites (tertiary alicyclic amines) is 1. The zero-order valence-corrected chi connectivity index (χ0v) is 16.1. The van der Waals surface area contributed by atoms with Crippen LogP contribution < -0.4 is 10.5 Å². The van der Waals surface area contributed by atoms with Crippen LogP contribution in [0, 0.1) is 6.92 Å². The van der Waals surface area contributed by atoms with E-state index in [1.807, 2.05) is 43.0 Å². The van der Waals surface area contributed by atoms with Crippen LogP contribution in [0.5, 0.6) is 5.75 Å². The number of hydrogen-bond acceptors (Lipinski definition) is 4. The van der Waals surface area contributed by atoms with Crippen LogP contribution in [-0.4, -0.2) is 49.3 Å². The number of hydrogen-bond donors (Lipinski definition) is 1. The fourth-order valence-corrected chi connectivity index (χ4v) is 2.94. The Morgan fingerprint density at radius 1 is 1.36 bits per heavy atom. The fourth-order valence-electron chi connectivity index (χ4n) is 2.94. The van der Waals surface area contributed by atoms with Gasteiger partial charge < -0.3 is 20.1 Å². The maximum absolute atomic E-state index is 12.7. The maximum Gasteiger partial charge on any atom is 0.263 e. The van der Waals surface area contributed by atoms with Crippen LogP contribution in [0.1, 0.15) is 38.2 Å². The van der Waals surface area contributed by atoms with Crippen molar-refractivity contribution in [3.63, 3.8) is 0 Å². The highest BCUT2D eigenvalue weighted by molar-refractivity contribution is 5.85. The van der Waals surface area contributed by atoms with Crippen molar-refractivity contribution < 1.29 is 14.3 Å². The Morgan fingerprint density at radius 3 is 2.68 bits per heavy atom. The molecule has 1 saturated heterocycles. The molecule has 1 unspecified atom stereocenters. The van der Waals surface area contributed by atoms with E-state index in [-0.39, 0.29) is 24.4 Å². The Bertz CT molecular complexity index is 519. The number of aryl methyl sites for hydroxylation is 1. The van der Waals surface area contributed by atoms with Gasteiger partial charge in [-0.2, -0.15) is 0 Å². The lowest BCUT2D eigenvalue weighted by atomic mass is 10.1. The molecule has 0 spiro atoms. The van der Waals surface area contributed by atoms with Gasteiger partial charge >= 0.3 is 0 Å². The zero-order valence-electron chi connectivity index (χ0n) is 15.3. The molecule has 1 aliphatic heterocycles. The van der Waals surface area contributed by atoms with E-state index in [0.29, 0.717) is 19.6 Å². The number of carbonyl (C=O) groups excluding carboxylic acids is 1. The minimum atomic E-state index is -0.415. The number of amides is 1. The average Bonchev–Trinajstić information content (AvgIpc) is 2.60. The first kappa shape index (κ1) is 21.7. The third kappa shape index (κ3) is 6.84. The second kappa shape index (κ2) is 11.3. The maximum atomic E-state index is 12.7. The van der Waals surface area contributed by atoms with E-state index in [9.17, 15) is 4.79 Å². The van der Waals surface area contributed by atoms with Crippen molar-refractivity contribution in [3.05, 3.63) is 29.8 Å². The highest BCUT2D eigenvalue weighted by Gasteiger charge is 2.28. The number of nitrogens with two attached hydrogens (primary N) is 1. The lowest BCUT2D eigenvalue weighted by molar-refractivity contribution is -0.141. The topological polar surface area (TPSA) is 64.8 Å². The summed E-state index contributed by atoms with van der Waals surface area (Å²) < 4.78 is 11.7. The van der Waals surface area contributed by atoms with Crippen molar-refractivity contribution in [3.8, 4) is 5.75 Å². The van der Waals surface area contributed by atoms with Gasteiger partial charge in [0.25, 0.3) is 5.91 Å². The van der Waals surface area contributed by atoms with E-state index in [2.05, 4.69) is 0 Å². The first-order valence-corrected chi connectivity index (χ1v) is 8.97. The lowest BCUT2D eigenvalue weighted by Crippen LogP contribution is -2.47. The van der Waals surface area contributed by atoms with E-state index in [4.69, 9.17) is 15.2 Å². The summed E-state index contributed by atoms with van der Waals surface area (Å²) in [6.45, 7) is 6.85. The number of carbonyl (C=O) groups is 1. The molecule has 0 radical (unpaired) electrons. The summed E-state index contributed by atoms with van der Waals surface area (Å²) in [5.41, 5.74) is 6.61. The van der Waals surface area contributed by atoms with Crippen molar-refractivity contribution in [2.24, 2.45) is 5.73 Å². The number of halogens is 1. The number of ether oxygens (including phenoxy) is 2. The van der Waals surface area contributed by atoms with Crippen molar-refractivity contribution in [2.75, 3.05) is 26.2 Å². The van der Waals surface area contributed by atoms with Crippen LogP contribution in [-0.2, 0) is 9.53 Å². The summed E-state index contributed by atoms with van der Waals surface area (Å²) in [5.74, 6) is 0.842. The third-order valence-corrected chi connectivity index (χ3v) is 4.37. The quantitative estimate of drug-likeness (QED) is 0.714. The molecule has 0 aliphatic carbocycles. The molecule has 1 fully saturated rings. The van der Waals surface area contributed by atoms with Gasteiger partial charge in [0.1, 0.15) is 5.75 Å². The Morgan fingerprint density at radius 2 is 2.08 bits per heavy atom. The molecular weight excluding hydrogens is 340 g/mol. The van der Waals surface area contributed by atoms with E-state index in [0.717, 1.165) is 43.7 Å². The van der Waals surface area contributed by atoms with E-state index in [1.165, 1.54) is 0 Å². The predicted molar refractivity (Wildman–Crippen MR) is 102 cm³/mol. The summed E-state index contributed by atoms with van der Waals surface area (Å²) in [7, 11) is 0. The smallest absolute Gasteiger partial charge is 0.263 e. The Hall–Kier alpha value is -1.30. The van der Waals surface area contributed by atoms with Crippen LogP contribution in [0.3, 0.4) is 0 Å². The summed E-state index contributed by atoms with van der Waals surface area (Å²) >= 11 is 0. The van der Waals surface area contributed by atoms with Crippen molar-refractivity contribution >= 4 is 18.3 Å². The number of rotatable bonds is 8. The Kier molecular flexibility index (Phi) is 9.86. The summed E-state index contributed by atoms with van der Waals surface area (Å²) in [5, 5.41) is 0. The van der Waals surface area contributed by atoms with E-state index >= 15 is 0 Å². The van der Waals surface area contributed by atoms with Gasteiger partial charge in [0.05, 0.1) is 6.10 Å². The monoisotopic (exact) mass is 370 g/mol. The molecule has 0 bridgehead atoms. The van der Waals surface area contributed by atoms with Crippen LogP contribution in [0.2, 0.25) is 0 Å². The highest BCUT2D eigenvalue weighted by Crippen LogP contribution is 2.19. The van der Waals surface area contributed by atoms with Crippen LogP contribution in [0.25, 0.3) is 0 Å². The Balaban J connectivity index is 0.00000312. The summed E-state index contributed by atoms with van der Waals surface area (Å²) in [6, 6.07) is 7.84. The highest BCUT2D eigenvalue weighted by atomic mass is 35.5. The normalized spacial score (nSPS) is 16.2. The molecule has 2 rings (SSSR count). The second-order valence-corrected chi connectivity index (χ2v) is 6.37. The van der Waals surface area contributed by atoms with Gasteiger partial charge in [-0.25, -0.2) is 0 Å². The summed E-state index contributed by atoms with van der Waals surface area (Å²) in [4.78, 5) is 14.6. The lowest BCUT2D eigenvalue weighted by Gasteiger charge is -2.34. The molecule has 25 heavy (non-hydrogen) atoms. The van der Waals surface area contributed by atoms with Crippen LogP contribution >= 0.6 is 12.4 Å². The molecule has 1 aliphatic rings. The zero-order chi connectivity index (χ0) is 17.4. The van der Waals surface area contributed by atoms with Gasteiger partial charge in [-0.05, 0) is 56.8 Å². The average molecular weight is 371 g/mol. The van der Waals surface area contributed by atoms with Crippen molar-refractivity contribution in [2.45, 2.75) is 51.7 Å². The predicted octanol–water partition coefficient (Wildman–Crippen LogP) is 2.93. The minimum absolute atomic E-state index is 0. The molecule has 6 heteroatoms. The van der Waals surface area contributed by atoms with Gasteiger partial charge in [-0.3, -0.25) is 4.79 Å². The third-order valence-electron chi connectivity index (χ3n) is 4.37. The molecule has 5 nitrogen and oxygen atoms in total. The largest absolute Gasteiger partial charge is 0.481 e. The minimum Gasteiger partial charge on any atom is -0.481 e. The fraction of sp³-hybridized carbons (Fsp3) is 0.632. The molecule has 142 valence electrons. The summed E-state index contributed by atoms with van der Waals surface area (Å²) in [6.07, 6.45) is 3.16. The molecule has 1 heterocycles. The molecule has 1 atom stereocenters. The number of piperidine rings is 1. The molecule has 1 amide bonds. The molecule has 0 saturated carbocycles. The molecule has 1 aromatic carbocycles. The van der Waals surface area contributed by atoms with Crippen molar-refractivity contribution in [1.29, 1.82) is 0 Å². The van der Waals surface area contributed by atoms with Gasteiger partial charge in [-0.1, -0.05) is 19.1 Å². The Labute approximate surface area is 157 Å². The van der Waals surface area contributed by atoms with Gasteiger partial charge in [-0.15, -0.1) is 12.4 Å². The van der Waals surface area contributed by atoms with E-state index in [1.54, 1.807) is 0 Å². The molecule has 0 aromatic heterocycles. The van der Waals surface area contributed by atoms with Gasteiger partial charge in [0.15, 0.2) is 6.10 Å². The van der Waals surface area contributed by atoms with E-state index < -0.39 is 6.10 Å². The molecule has 2 N–H and O–H groups in total. The molecular formula is C19H31ClN2O3. The van der Waals surface area contributed by atoms with Crippen molar-refractivity contribution in [1.82, 2.24) is 4.90 Å². The SMILES string of the molecule is CCC(Oc1cccc(C)c1)C(=O)N1CCC(OCCCN)CC1.Cl. The first-order valence-electron chi connectivity index (χ1n) is 8.97. The standard InChI is InChI=1S/C19H30N2O3.ClH/c1-3-18(24-17-7-4-6-15(2)14-17)19(22)21-11-8-16(9-12-21)23-13-5-10-20;/h4,6-7,14,16,18H,3,5,8-13,20H2,1-2H3;1H. The molecule has 1 aromatic rings. The van der Waals surface area contributed by atoms with Crippen LogP contribution in [0.15, 0.2) is 24.3 Å².